The van der Waals surface area contributed by atoms with Crippen molar-refractivity contribution >= 4 is 32.6 Å². The second-order valence-electron chi connectivity index (χ2n) is 5.85. The van der Waals surface area contributed by atoms with Gasteiger partial charge < -0.3 is 5.32 Å². The minimum Gasteiger partial charge on any atom is -0.352 e. The van der Waals surface area contributed by atoms with E-state index in [1.165, 1.54) is 25.7 Å². The first-order valence-corrected chi connectivity index (χ1v) is 8.55. The molecule has 0 aliphatic heterocycles. The zero-order valence-corrected chi connectivity index (χ0v) is 13.6. The first-order chi connectivity index (χ1) is 10.2. The average molecular weight is 346 g/mol. The van der Waals surface area contributed by atoms with Crippen molar-refractivity contribution in [1.82, 2.24) is 5.32 Å². The van der Waals surface area contributed by atoms with Crippen molar-refractivity contribution in [1.29, 1.82) is 0 Å². The van der Waals surface area contributed by atoms with Gasteiger partial charge >= 0.3 is 0 Å². The number of amides is 1. The minimum atomic E-state index is 0.0489. The molecule has 0 spiro atoms. The van der Waals surface area contributed by atoms with Crippen molar-refractivity contribution in [3.05, 3.63) is 48.0 Å². The summed E-state index contributed by atoms with van der Waals surface area (Å²) in [4.78, 5) is 13.1. The van der Waals surface area contributed by atoms with Crippen molar-refractivity contribution in [3.8, 4) is 0 Å². The van der Waals surface area contributed by atoms with Gasteiger partial charge in [0, 0.05) is 16.9 Å². The van der Waals surface area contributed by atoms with Crippen LogP contribution >= 0.6 is 15.9 Å². The Morgan fingerprint density at radius 2 is 1.76 bits per heavy atom. The van der Waals surface area contributed by atoms with E-state index in [0.29, 0.717) is 10.7 Å². The standard InChI is InChI=1S/C18H20BrNO/c19-15-10-8-13(9-11-15)12-20-18(21)17-7-3-5-14-4-1-2-6-16(14)17/h1-7,13,15H,8-12H2,(H,20,21). The summed E-state index contributed by atoms with van der Waals surface area (Å²) in [7, 11) is 0. The Bertz CT molecular complexity index is 627. The van der Waals surface area contributed by atoms with Crippen LogP contribution in [0.4, 0.5) is 0 Å². The third-order valence-electron chi connectivity index (χ3n) is 4.36. The Hall–Kier alpha value is -1.35. The van der Waals surface area contributed by atoms with Crippen molar-refractivity contribution in [3.63, 3.8) is 0 Å². The minimum absolute atomic E-state index is 0.0489. The van der Waals surface area contributed by atoms with Crippen LogP contribution in [0.25, 0.3) is 10.8 Å². The van der Waals surface area contributed by atoms with Gasteiger partial charge in [0.2, 0.25) is 0 Å². The predicted octanol–water partition coefficient (Wildman–Crippen LogP) is 4.52. The van der Waals surface area contributed by atoms with Gasteiger partial charge in [0.15, 0.2) is 0 Å². The third kappa shape index (κ3) is 3.46. The maximum Gasteiger partial charge on any atom is 0.251 e. The van der Waals surface area contributed by atoms with Gasteiger partial charge in [-0.15, -0.1) is 0 Å². The lowest BCUT2D eigenvalue weighted by Crippen LogP contribution is -2.31. The summed E-state index contributed by atoms with van der Waals surface area (Å²) in [6.07, 6.45) is 4.83. The molecule has 0 saturated heterocycles. The van der Waals surface area contributed by atoms with Gasteiger partial charge in [-0.1, -0.05) is 52.3 Å². The fraction of sp³-hybridized carbons (Fsp3) is 0.389. The average Bonchev–Trinajstić information content (AvgIpc) is 2.53. The van der Waals surface area contributed by atoms with E-state index in [2.05, 4.69) is 21.2 Å². The van der Waals surface area contributed by atoms with Crippen molar-refractivity contribution in [2.24, 2.45) is 5.92 Å². The highest BCUT2D eigenvalue weighted by atomic mass is 79.9. The predicted molar refractivity (Wildman–Crippen MR) is 91.0 cm³/mol. The second kappa shape index (κ2) is 6.61. The quantitative estimate of drug-likeness (QED) is 0.814. The molecule has 0 radical (unpaired) electrons. The van der Waals surface area contributed by atoms with Crippen LogP contribution in [0.5, 0.6) is 0 Å². The number of benzene rings is 2. The molecule has 0 aromatic heterocycles. The van der Waals surface area contributed by atoms with Crippen molar-refractivity contribution < 1.29 is 4.79 Å². The SMILES string of the molecule is O=C(NCC1CCC(Br)CC1)c1cccc2ccccc12. The van der Waals surface area contributed by atoms with E-state index in [-0.39, 0.29) is 5.91 Å². The second-order valence-corrected chi connectivity index (χ2v) is 7.15. The number of halogens is 1. The van der Waals surface area contributed by atoms with Crippen LogP contribution in [0.15, 0.2) is 42.5 Å². The van der Waals surface area contributed by atoms with Gasteiger partial charge in [-0.05, 0) is 48.4 Å². The molecule has 3 rings (SSSR count). The van der Waals surface area contributed by atoms with Crippen LogP contribution in [0, 0.1) is 5.92 Å². The molecule has 1 fully saturated rings. The summed E-state index contributed by atoms with van der Waals surface area (Å²) in [5.74, 6) is 0.672. The molecule has 1 aliphatic rings. The molecule has 1 saturated carbocycles. The lowest BCUT2D eigenvalue weighted by atomic mass is 9.89. The summed E-state index contributed by atoms with van der Waals surface area (Å²) in [6.45, 7) is 0.793. The third-order valence-corrected chi connectivity index (χ3v) is 5.28. The summed E-state index contributed by atoms with van der Waals surface area (Å²) < 4.78 is 0. The normalized spacial score (nSPS) is 22.1. The van der Waals surface area contributed by atoms with Gasteiger partial charge in [0.05, 0.1) is 0 Å². The molecule has 110 valence electrons. The number of carbonyl (C=O) groups is 1. The molecule has 2 nitrogen and oxygen atoms in total. The lowest BCUT2D eigenvalue weighted by Gasteiger charge is -2.25. The topological polar surface area (TPSA) is 29.1 Å². The number of hydrogen-bond donors (Lipinski definition) is 1. The van der Waals surface area contributed by atoms with E-state index in [9.17, 15) is 4.79 Å². The fourth-order valence-electron chi connectivity index (χ4n) is 3.08. The first-order valence-electron chi connectivity index (χ1n) is 7.64. The molecular weight excluding hydrogens is 326 g/mol. The highest BCUT2D eigenvalue weighted by Gasteiger charge is 2.20. The molecule has 1 N–H and O–H groups in total. The molecule has 2 aromatic rings. The van der Waals surface area contributed by atoms with Crippen LogP contribution in [0.2, 0.25) is 0 Å². The number of hydrogen-bond acceptors (Lipinski definition) is 1. The van der Waals surface area contributed by atoms with Crippen LogP contribution in [-0.4, -0.2) is 17.3 Å². The van der Waals surface area contributed by atoms with Gasteiger partial charge in [-0.3, -0.25) is 4.79 Å². The zero-order valence-electron chi connectivity index (χ0n) is 12.0. The van der Waals surface area contributed by atoms with E-state index in [4.69, 9.17) is 0 Å². The van der Waals surface area contributed by atoms with Crippen LogP contribution < -0.4 is 5.32 Å². The van der Waals surface area contributed by atoms with Crippen molar-refractivity contribution in [2.75, 3.05) is 6.54 Å². The highest BCUT2D eigenvalue weighted by molar-refractivity contribution is 9.09. The van der Waals surface area contributed by atoms with E-state index >= 15 is 0 Å². The van der Waals surface area contributed by atoms with E-state index in [0.717, 1.165) is 22.9 Å². The summed E-state index contributed by atoms with van der Waals surface area (Å²) in [5, 5.41) is 5.27. The van der Waals surface area contributed by atoms with Crippen LogP contribution in [0.1, 0.15) is 36.0 Å². The molecule has 2 aromatic carbocycles. The summed E-state index contributed by atoms with van der Waals surface area (Å²) in [5.41, 5.74) is 0.780. The number of fused-ring (bicyclic) bond motifs is 1. The Labute approximate surface area is 134 Å². The monoisotopic (exact) mass is 345 g/mol. The smallest absolute Gasteiger partial charge is 0.251 e. The highest BCUT2D eigenvalue weighted by Crippen LogP contribution is 2.28. The maximum atomic E-state index is 12.4. The Morgan fingerprint density at radius 1 is 1.05 bits per heavy atom. The fourth-order valence-corrected chi connectivity index (χ4v) is 3.61. The zero-order chi connectivity index (χ0) is 14.7. The molecule has 21 heavy (non-hydrogen) atoms. The van der Waals surface area contributed by atoms with Crippen LogP contribution in [0.3, 0.4) is 0 Å². The van der Waals surface area contributed by atoms with Gasteiger partial charge in [-0.25, -0.2) is 0 Å². The van der Waals surface area contributed by atoms with Crippen molar-refractivity contribution in [2.45, 2.75) is 30.5 Å². The Balaban J connectivity index is 1.67. The lowest BCUT2D eigenvalue weighted by molar-refractivity contribution is 0.0945. The molecule has 3 heteroatoms. The number of carbonyl (C=O) groups excluding carboxylic acids is 1. The molecule has 0 heterocycles. The number of alkyl halides is 1. The Morgan fingerprint density at radius 3 is 2.57 bits per heavy atom. The van der Waals surface area contributed by atoms with Gasteiger partial charge in [0.1, 0.15) is 0 Å². The number of nitrogens with one attached hydrogen (secondary N) is 1. The van der Waals surface area contributed by atoms with Gasteiger partial charge in [0.25, 0.3) is 5.91 Å². The van der Waals surface area contributed by atoms with E-state index in [1.807, 2.05) is 42.5 Å². The summed E-state index contributed by atoms with van der Waals surface area (Å²) >= 11 is 3.67. The first kappa shape index (κ1) is 14.6. The van der Waals surface area contributed by atoms with E-state index in [1.54, 1.807) is 0 Å². The summed E-state index contributed by atoms with van der Waals surface area (Å²) in [6, 6.07) is 14.0. The van der Waals surface area contributed by atoms with E-state index < -0.39 is 0 Å². The molecular formula is C18H20BrNO. The molecule has 0 unspecified atom stereocenters. The largest absolute Gasteiger partial charge is 0.352 e. The molecule has 0 atom stereocenters. The molecule has 1 aliphatic carbocycles. The van der Waals surface area contributed by atoms with Gasteiger partial charge in [-0.2, -0.15) is 0 Å². The Kier molecular flexibility index (Phi) is 4.59. The maximum absolute atomic E-state index is 12.4. The number of rotatable bonds is 3. The molecule has 0 bridgehead atoms. The molecule has 1 amide bonds. The van der Waals surface area contributed by atoms with Crippen LogP contribution in [-0.2, 0) is 0 Å².